The summed E-state index contributed by atoms with van der Waals surface area (Å²) in [5.74, 6) is 0. The lowest BCUT2D eigenvalue weighted by Gasteiger charge is -2.37. The van der Waals surface area contributed by atoms with Crippen molar-refractivity contribution in [2.24, 2.45) is 0 Å². The molecule has 1 aliphatic carbocycles. The van der Waals surface area contributed by atoms with Gasteiger partial charge in [-0.2, -0.15) is 0 Å². The van der Waals surface area contributed by atoms with Crippen LogP contribution in [0.25, 0.3) is 10.9 Å². The minimum absolute atomic E-state index is 0.251. The highest BCUT2D eigenvalue weighted by Crippen LogP contribution is 2.33. The number of fused-ring (bicyclic) bond motifs is 1. The van der Waals surface area contributed by atoms with Crippen molar-refractivity contribution in [2.45, 2.75) is 44.0 Å². The fourth-order valence-electron chi connectivity index (χ4n) is 3.26. The molecule has 0 spiro atoms. The van der Waals surface area contributed by atoms with Crippen LogP contribution in [0.15, 0.2) is 30.3 Å². The van der Waals surface area contributed by atoms with Gasteiger partial charge in [0.25, 0.3) is 0 Å². The zero-order valence-electron chi connectivity index (χ0n) is 12.1. The number of aryl methyl sites for hydroxylation is 1. The maximum absolute atomic E-state index is 6.56. The molecule has 106 valence electrons. The minimum atomic E-state index is 0.251. The van der Waals surface area contributed by atoms with Crippen molar-refractivity contribution < 1.29 is 0 Å². The predicted octanol–water partition coefficient (Wildman–Crippen LogP) is 4.53. The molecule has 1 fully saturated rings. The lowest BCUT2D eigenvalue weighted by Crippen LogP contribution is -2.41. The summed E-state index contributed by atoms with van der Waals surface area (Å²) in [6.07, 6.45) is 4.84. The lowest BCUT2D eigenvalue weighted by atomic mass is 9.93. The first kappa shape index (κ1) is 13.7. The highest BCUT2D eigenvalue weighted by atomic mass is 35.5. The molecule has 0 bridgehead atoms. The first-order chi connectivity index (χ1) is 9.66. The largest absolute Gasteiger partial charge is 0.370 e. The van der Waals surface area contributed by atoms with Crippen molar-refractivity contribution in [2.75, 3.05) is 11.9 Å². The Kier molecular flexibility index (Phi) is 3.84. The number of hydrogen-bond donors (Lipinski definition) is 0. The number of nitrogens with zero attached hydrogens (tertiary/aromatic N) is 2. The van der Waals surface area contributed by atoms with Crippen LogP contribution < -0.4 is 4.90 Å². The van der Waals surface area contributed by atoms with Gasteiger partial charge in [-0.3, -0.25) is 4.98 Å². The molecule has 2 nitrogen and oxygen atoms in total. The van der Waals surface area contributed by atoms with E-state index in [-0.39, 0.29) is 5.38 Å². The molecule has 2 atom stereocenters. The predicted molar refractivity (Wildman–Crippen MR) is 86.8 cm³/mol. The molecular weight excluding hydrogens is 268 g/mol. The molecule has 0 radical (unpaired) electrons. The second-order valence-corrected chi connectivity index (χ2v) is 6.34. The third-order valence-corrected chi connectivity index (χ3v) is 4.86. The first-order valence-electron chi connectivity index (χ1n) is 7.40. The molecule has 0 amide bonds. The molecule has 0 N–H and O–H groups in total. The summed E-state index contributed by atoms with van der Waals surface area (Å²) < 4.78 is 0. The Labute approximate surface area is 125 Å². The van der Waals surface area contributed by atoms with Gasteiger partial charge in [0, 0.05) is 29.9 Å². The number of hydrogen-bond acceptors (Lipinski definition) is 2. The topological polar surface area (TPSA) is 16.1 Å². The van der Waals surface area contributed by atoms with Gasteiger partial charge >= 0.3 is 0 Å². The quantitative estimate of drug-likeness (QED) is 0.755. The zero-order chi connectivity index (χ0) is 14.1. The zero-order valence-corrected chi connectivity index (χ0v) is 12.9. The lowest BCUT2D eigenvalue weighted by molar-refractivity contribution is 0.435. The molecule has 0 aliphatic heterocycles. The summed E-state index contributed by atoms with van der Waals surface area (Å²) in [6, 6.07) is 11.0. The Morgan fingerprint density at radius 3 is 2.75 bits per heavy atom. The van der Waals surface area contributed by atoms with Crippen LogP contribution in [-0.2, 0) is 0 Å². The molecule has 3 rings (SSSR count). The minimum Gasteiger partial charge on any atom is -0.370 e. The van der Waals surface area contributed by atoms with Crippen LogP contribution in [0.1, 0.15) is 31.4 Å². The summed E-state index contributed by atoms with van der Waals surface area (Å²) >= 11 is 6.56. The van der Waals surface area contributed by atoms with Gasteiger partial charge in [-0.15, -0.1) is 11.6 Å². The maximum Gasteiger partial charge on any atom is 0.0726 e. The van der Waals surface area contributed by atoms with Gasteiger partial charge in [0.2, 0.25) is 0 Å². The van der Waals surface area contributed by atoms with E-state index in [0.717, 1.165) is 17.6 Å². The van der Waals surface area contributed by atoms with E-state index in [4.69, 9.17) is 11.6 Å². The molecule has 1 saturated carbocycles. The summed E-state index contributed by atoms with van der Waals surface area (Å²) in [7, 11) is 2.17. The van der Waals surface area contributed by atoms with Crippen molar-refractivity contribution in [3.8, 4) is 0 Å². The highest BCUT2D eigenvalue weighted by molar-refractivity contribution is 6.21. The molecule has 1 aliphatic rings. The summed E-state index contributed by atoms with van der Waals surface area (Å²) in [5, 5.41) is 1.47. The third kappa shape index (κ3) is 2.49. The van der Waals surface area contributed by atoms with Crippen LogP contribution in [0, 0.1) is 6.92 Å². The highest BCUT2D eigenvalue weighted by Gasteiger charge is 2.27. The standard InChI is InChI=1S/C17H21ClN2/c1-12-11-17(13-7-3-5-9-15(13)19-12)20(2)16-10-6-4-8-14(16)18/h3,5,7,9,11,14,16H,4,6,8,10H2,1-2H3. The van der Waals surface area contributed by atoms with E-state index in [1.165, 1.54) is 30.3 Å². The normalized spacial score (nSPS) is 22.9. The van der Waals surface area contributed by atoms with E-state index in [9.17, 15) is 0 Å². The SMILES string of the molecule is Cc1cc(N(C)C2CCCCC2Cl)c2ccccc2n1. The Morgan fingerprint density at radius 2 is 1.95 bits per heavy atom. The molecule has 2 aromatic rings. The molecule has 3 heteroatoms. The van der Waals surface area contributed by atoms with Crippen molar-refractivity contribution in [1.29, 1.82) is 0 Å². The fraction of sp³-hybridized carbons (Fsp3) is 0.471. The van der Waals surface area contributed by atoms with Crippen LogP contribution in [0.5, 0.6) is 0 Å². The second kappa shape index (κ2) is 5.61. The van der Waals surface area contributed by atoms with Crippen molar-refractivity contribution >= 4 is 28.2 Å². The number of para-hydroxylation sites is 1. The molecule has 1 heterocycles. The summed E-state index contributed by atoms with van der Waals surface area (Å²) in [6.45, 7) is 2.06. The Bertz CT molecular complexity index is 611. The first-order valence-corrected chi connectivity index (χ1v) is 7.84. The van der Waals surface area contributed by atoms with Gasteiger partial charge in [-0.25, -0.2) is 0 Å². The van der Waals surface area contributed by atoms with Crippen LogP contribution >= 0.6 is 11.6 Å². The summed E-state index contributed by atoms with van der Waals surface area (Å²) in [4.78, 5) is 6.99. The monoisotopic (exact) mass is 288 g/mol. The number of benzene rings is 1. The Balaban J connectivity index is 2.04. The number of pyridine rings is 1. The van der Waals surface area contributed by atoms with Crippen LogP contribution in [-0.4, -0.2) is 23.5 Å². The van der Waals surface area contributed by atoms with Gasteiger partial charge in [-0.05, 0) is 31.9 Å². The van der Waals surface area contributed by atoms with Crippen LogP contribution in [0.4, 0.5) is 5.69 Å². The van der Waals surface area contributed by atoms with E-state index < -0.39 is 0 Å². The van der Waals surface area contributed by atoms with Crippen molar-refractivity contribution in [3.05, 3.63) is 36.0 Å². The maximum atomic E-state index is 6.56. The van der Waals surface area contributed by atoms with Crippen molar-refractivity contribution in [3.63, 3.8) is 0 Å². The fourth-order valence-corrected chi connectivity index (χ4v) is 3.71. The molecule has 1 aromatic carbocycles. The average Bonchev–Trinajstić information content (AvgIpc) is 2.46. The number of halogens is 1. The van der Waals surface area contributed by atoms with E-state index >= 15 is 0 Å². The van der Waals surface area contributed by atoms with Crippen LogP contribution in [0.3, 0.4) is 0 Å². The van der Waals surface area contributed by atoms with E-state index in [1.54, 1.807) is 0 Å². The van der Waals surface area contributed by atoms with Gasteiger partial charge in [0.15, 0.2) is 0 Å². The van der Waals surface area contributed by atoms with Gasteiger partial charge in [0.1, 0.15) is 0 Å². The van der Waals surface area contributed by atoms with Gasteiger partial charge < -0.3 is 4.90 Å². The van der Waals surface area contributed by atoms with Crippen LogP contribution in [0.2, 0.25) is 0 Å². The smallest absolute Gasteiger partial charge is 0.0726 e. The van der Waals surface area contributed by atoms with Gasteiger partial charge in [0.05, 0.1) is 10.9 Å². The summed E-state index contributed by atoms with van der Waals surface area (Å²) in [5.41, 5.74) is 3.38. The third-order valence-electron chi connectivity index (χ3n) is 4.35. The number of rotatable bonds is 2. The number of aromatic nitrogens is 1. The molecule has 2 unspecified atom stereocenters. The Morgan fingerprint density at radius 1 is 1.20 bits per heavy atom. The average molecular weight is 289 g/mol. The molecule has 20 heavy (non-hydrogen) atoms. The van der Waals surface area contributed by atoms with Crippen molar-refractivity contribution in [1.82, 2.24) is 4.98 Å². The second-order valence-electron chi connectivity index (χ2n) is 5.78. The molecule has 1 aromatic heterocycles. The van der Waals surface area contributed by atoms with E-state index in [2.05, 4.69) is 48.1 Å². The van der Waals surface area contributed by atoms with E-state index in [1.807, 2.05) is 6.07 Å². The Hall–Kier alpha value is -1.28. The van der Waals surface area contributed by atoms with E-state index in [0.29, 0.717) is 6.04 Å². The molecule has 0 saturated heterocycles. The number of anilines is 1. The van der Waals surface area contributed by atoms with Gasteiger partial charge in [-0.1, -0.05) is 31.0 Å². The molecular formula is C17H21ClN2. The number of alkyl halides is 1.